The SMILES string of the molecule is CCCn1cc(NC(=O)C(CN)C(C)C)ccc1=O. The second-order valence-electron chi connectivity index (χ2n) is 5.02. The summed E-state index contributed by atoms with van der Waals surface area (Å²) >= 11 is 0. The van der Waals surface area contributed by atoms with Crippen LogP contribution in [0.4, 0.5) is 5.69 Å². The van der Waals surface area contributed by atoms with Crippen LogP contribution < -0.4 is 16.6 Å². The molecule has 0 bridgehead atoms. The van der Waals surface area contributed by atoms with Crippen molar-refractivity contribution in [2.45, 2.75) is 33.7 Å². The molecule has 0 aliphatic rings. The van der Waals surface area contributed by atoms with Crippen LogP contribution in [0.1, 0.15) is 27.2 Å². The van der Waals surface area contributed by atoms with Crippen molar-refractivity contribution in [3.8, 4) is 0 Å². The first-order valence-electron chi connectivity index (χ1n) is 6.71. The second-order valence-corrected chi connectivity index (χ2v) is 5.02. The van der Waals surface area contributed by atoms with Gasteiger partial charge < -0.3 is 15.6 Å². The zero-order valence-electron chi connectivity index (χ0n) is 11.8. The molecule has 106 valence electrons. The summed E-state index contributed by atoms with van der Waals surface area (Å²) in [7, 11) is 0. The molecule has 1 rings (SSSR count). The molecule has 0 saturated carbocycles. The van der Waals surface area contributed by atoms with Gasteiger partial charge in [0.2, 0.25) is 5.91 Å². The monoisotopic (exact) mass is 265 g/mol. The first-order valence-corrected chi connectivity index (χ1v) is 6.71. The highest BCUT2D eigenvalue weighted by Crippen LogP contribution is 2.13. The van der Waals surface area contributed by atoms with Gasteiger partial charge in [0.25, 0.3) is 5.56 Å². The second kappa shape index (κ2) is 7.09. The normalized spacial score (nSPS) is 12.5. The lowest BCUT2D eigenvalue weighted by molar-refractivity contribution is -0.120. The third kappa shape index (κ3) is 4.21. The van der Waals surface area contributed by atoms with Gasteiger partial charge in [0.05, 0.1) is 11.6 Å². The van der Waals surface area contributed by atoms with Crippen LogP contribution in [-0.2, 0) is 11.3 Å². The van der Waals surface area contributed by atoms with Crippen LogP contribution in [0.3, 0.4) is 0 Å². The van der Waals surface area contributed by atoms with Gasteiger partial charge in [-0.1, -0.05) is 20.8 Å². The number of amides is 1. The summed E-state index contributed by atoms with van der Waals surface area (Å²) in [6.45, 7) is 6.90. The Labute approximate surface area is 113 Å². The van der Waals surface area contributed by atoms with Crippen LogP contribution in [0.15, 0.2) is 23.1 Å². The van der Waals surface area contributed by atoms with E-state index >= 15 is 0 Å². The lowest BCUT2D eigenvalue weighted by atomic mass is 9.95. The van der Waals surface area contributed by atoms with Gasteiger partial charge in [-0.2, -0.15) is 0 Å². The van der Waals surface area contributed by atoms with E-state index in [0.717, 1.165) is 6.42 Å². The van der Waals surface area contributed by atoms with Crippen LogP contribution in [0.2, 0.25) is 0 Å². The number of nitrogens with one attached hydrogen (secondary N) is 1. The van der Waals surface area contributed by atoms with Gasteiger partial charge >= 0.3 is 0 Å². The van der Waals surface area contributed by atoms with E-state index in [0.29, 0.717) is 18.8 Å². The Kier molecular flexibility index (Phi) is 5.76. The fraction of sp³-hybridized carbons (Fsp3) is 0.571. The molecular weight excluding hydrogens is 242 g/mol. The van der Waals surface area contributed by atoms with Crippen LogP contribution in [0.5, 0.6) is 0 Å². The number of carbonyl (C=O) groups excluding carboxylic acids is 1. The Morgan fingerprint density at radius 3 is 2.63 bits per heavy atom. The van der Waals surface area contributed by atoms with E-state index in [-0.39, 0.29) is 23.3 Å². The van der Waals surface area contributed by atoms with Crippen LogP contribution in [-0.4, -0.2) is 17.0 Å². The molecule has 0 aromatic carbocycles. The Hall–Kier alpha value is -1.62. The van der Waals surface area contributed by atoms with E-state index < -0.39 is 0 Å². The maximum atomic E-state index is 12.1. The average Bonchev–Trinajstić information content (AvgIpc) is 2.34. The topological polar surface area (TPSA) is 77.1 Å². The molecule has 0 radical (unpaired) electrons. The minimum atomic E-state index is -0.216. The van der Waals surface area contributed by atoms with Gasteiger partial charge in [0, 0.05) is 25.4 Å². The quantitative estimate of drug-likeness (QED) is 0.816. The molecule has 1 heterocycles. The van der Waals surface area contributed by atoms with E-state index in [4.69, 9.17) is 5.73 Å². The highest BCUT2D eigenvalue weighted by Gasteiger charge is 2.20. The average molecular weight is 265 g/mol. The molecule has 0 saturated heterocycles. The molecule has 0 aliphatic heterocycles. The number of hydrogen-bond donors (Lipinski definition) is 2. The Morgan fingerprint density at radius 1 is 1.42 bits per heavy atom. The van der Waals surface area contributed by atoms with Crippen molar-refractivity contribution < 1.29 is 4.79 Å². The van der Waals surface area contributed by atoms with E-state index in [9.17, 15) is 9.59 Å². The number of rotatable bonds is 6. The van der Waals surface area contributed by atoms with Crippen molar-refractivity contribution in [3.05, 3.63) is 28.7 Å². The van der Waals surface area contributed by atoms with Crippen molar-refractivity contribution in [2.24, 2.45) is 17.6 Å². The van der Waals surface area contributed by atoms with Gasteiger partial charge in [-0.3, -0.25) is 9.59 Å². The molecule has 1 unspecified atom stereocenters. The number of carbonyl (C=O) groups is 1. The van der Waals surface area contributed by atoms with E-state index in [1.165, 1.54) is 6.07 Å². The van der Waals surface area contributed by atoms with Crippen LogP contribution >= 0.6 is 0 Å². The van der Waals surface area contributed by atoms with Crippen molar-refractivity contribution in [2.75, 3.05) is 11.9 Å². The largest absolute Gasteiger partial charge is 0.330 e. The summed E-state index contributed by atoms with van der Waals surface area (Å²) in [4.78, 5) is 23.6. The van der Waals surface area contributed by atoms with Gasteiger partial charge in [-0.25, -0.2) is 0 Å². The minimum absolute atomic E-state index is 0.0564. The maximum absolute atomic E-state index is 12.1. The summed E-state index contributed by atoms with van der Waals surface area (Å²) in [5.41, 5.74) is 6.19. The first-order chi connectivity index (χ1) is 8.99. The zero-order valence-corrected chi connectivity index (χ0v) is 11.8. The van der Waals surface area contributed by atoms with Crippen molar-refractivity contribution in [1.29, 1.82) is 0 Å². The van der Waals surface area contributed by atoms with Gasteiger partial charge in [-0.15, -0.1) is 0 Å². The number of aromatic nitrogens is 1. The number of anilines is 1. The highest BCUT2D eigenvalue weighted by atomic mass is 16.2. The van der Waals surface area contributed by atoms with Gasteiger partial charge in [0.15, 0.2) is 0 Å². The third-order valence-corrected chi connectivity index (χ3v) is 3.11. The fourth-order valence-corrected chi connectivity index (χ4v) is 1.94. The van der Waals surface area contributed by atoms with E-state index in [2.05, 4.69) is 5.32 Å². The molecular formula is C14H23N3O2. The van der Waals surface area contributed by atoms with E-state index in [1.807, 2.05) is 20.8 Å². The van der Waals surface area contributed by atoms with Crippen molar-refractivity contribution in [1.82, 2.24) is 4.57 Å². The van der Waals surface area contributed by atoms with Crippen LogP contribution in [0, 0.1) is 11.8 Å². The number of pyridine rings is 1. The van der Waals surface area contributed by atoms with Crippen molar-refractivity contribution in [3.63, 3.8) is 0 Å². The molecule has 5 nitrogen and oxygen atoms in total. The molecule has 0 aliphatic carbocycles. The number of nitrogens with zero attached hydrogens (tertiary/aromatic N) is 1. The molecule has 3 N–H and O–H groups in total. The zero-order chi connectivity index (χ0) is 14.4. The van der Waals surface area contributed by atoms with Gasteiger partial charge in [-0.05, 0) is 18.4 Å². The lowest BCUT2D eigenvalue weighted by Gasteiger charge is -2.18. The summed E-state index contributed by atoms with van der Waals surface area (Å²) in [5.74, 6) is -0.128. The summed E-state index contributed by atoms with van der Waals surface area (Å²) in [6.07, 6.45) is 2.55. The van der Waals surface area contributed by atoms with Crippen LogP contribution in [0.25, 0.3) is 0 Å². The molecule has 1 aromatic rings. The van der Waals surface area contributed by atoms with Crippen molar-refractivity contribution >= 4 is 11.6 Å². The molecule has 19 heavy (non-hydrogen) atoms. The third-order valence-electron chi connectivity index (χ3n) is 3.11. The van der Waals surface area contributed by atoms with Gasteiger partial charge in [0.1, 0.15) is 0 Å². The number of hydrogen-bond acceptors (Lipinski definition) is 3. The highest BCUT2D eigenvalue weighted by molar-refractivity contribution is 5.92. The lowest BCUT2D eigenvalue weighted by Crippen LogP contribution is -2.33. The minimum Gasteiger partial charge on any atom is -0.330 e. The summed E-state index contributed by atoms with van der Waals surface area (Å²) in [6, 6.07) is 3.10. The Morgan fingerprint density at radius 2 is 2.11 bits per heavy atom. The number of nitrogens with two attached hydrogens (primary N) is 1. The molecule has 1 aromatic heterocycles. The standard InChI is InChI=1S/C14H23N3O2/c1-4-7-17-9-11(5-6-13(17)18)16-14(19)12(8-15)10(2)3/h5-6,9-10,12H,4,7-8,15H2,1-3H3,(H,16,19). The van der Waals surface area contributed by atoms with E-state index in [1.54, 1.807) is 16.8 Å². The predicted octanol–water partition coefficient (Wildman–Crippen LogP) is 1.43. The molecule has 5 heteroatoms. The predicted molar refractivity (Wildman–Crippen MR) is 77.0 cm³/mol. The first kappa shape index (κ1) is 15.4. The fourth-order valence-electron chi connectivity index (χ4n) is 1.94. The molecule has 1 atom stereocenters. The summed E-state index contributed by atoms with van der Waals surface area (Å²) < 4.78 is 1.60. The number of aryl methyl sites for hydroxylation is 1. The molecule has 1 amide bonds. The Bertz CT molecular complexity index is 480. The molecule has 0 spiro atoms. The summed E-state index contributed by atoms with van der Waals surface area (Å²) in [5, 5.41) is 2.82. The Balaban J connectivity index is 2.85. The molecule has 0 fully saturated rings. The smallest absolute Gasteiger partial charge is 0.250 e. The maximum Gasteiger partial charge on any atom is 0.250 e.